The van der Waals surface area contributed by atoms with Crippen LogP contribution < -0.4 is 5.32 Å². The molecule has 0 saturated heterocycles. The maximum Gasteiger partial charge on any atom is 0.254 e. The second-order valence-corrected chi connectivity index (χ2v) is 5.65. The molecule has 0 unspecified atom stereocenters. The molecular weight excluding hydrogens is 298 g/mol. The maximum atomic E-state index is 9.24. The third-order valence-electron chi connectivity index (χ3n) is 2.93. The summed E-state index contributed by atoms with van der Waals surface area (Å²) in [6.45, 7) is 5.74. The first kappa shape index (κ1) is 14.2. The molecule has 1 N–H and O–H groups in total. The quantitative estimate of drug-likeness (QED) is 0.747. The Bertz CT molecular complexity index is 913. The van der Waals surface area contributed by atoms with Crippen LogP contribution in [0.1, 0.15) is 22.1 Å². The van der Waals surface area contributed by atoms with Crippen LogP contribution >= 0.6 is 11.3 Å². The molecule has 8 heteroatoms. The van der Waals surface area contributed by atoms with Crippen LogP contribution in [0, 0.1) is 32.1 Å². The molecule has 0 aliphatic rings. The Kier molecular flexibility index (Phi) is 3.56. The molecule has 22 heavy (non-hydrogen) atoms. The number of anilines is 1. The zero-order valence-corrected chi connectivity index (χ0v) is 13.1. The summed E-state index contributed by atoms with van der Waals surface area (Å²) in [5.41, 5.74) is 3.17. The normalized spacial score (nSPS) is 11.6. The average molecular weight is 311 g/mol. The molecule has 0 bridgehead atoms. The average Bonchev–Trinajstić information content (AvgIpc) is 3.06. The minimum absolute atomic E-state index is 0.391. The molecule has 0 atom stereocenters. The van der Waals surface area contributed by atoms with Crippen molar-refractivity contribution in [2.24, 2.45) is 0 Å². The minimum Gasteiger partial charge on any atom is -0.328 e. The number of hydrogen-bond donors (Lipinski definition) is 1. The van der Waals surface area contributed by atoms with Crippen LogP contribution in [0.15, 0.2) is 17.6 Å². The van der Waals surface area contributed by atoms with Crippen LogP contribution in [-0.4, -0.2) is 24.6 Å². The fraction of sp³-hybridized carbons (Fsp3) is 0.214. The van der Waals surface area contributed by atoms with Gasteiger partial charge in [0.05, 0.1) is 0 Å². The van der Waals surface area contributed by atoms with Gasteiger partial charge in [-0.1, -0.05) is 0 Å². The van der Waals surface area contributed by atoms with Gasteiger partial charge in [-0.3, -0.25) is 0 Å². The molecule has 0 spiro atoms. The lowest BCUT2D eigenvalue weighted by Gasteiger charge is -1.97. The number of aryl methyl sites for hydroxylation is 3. The van der Waals surface area contributed by atoms with Gasteiger partial charge in [0.15, 0.2) is 0 Å². The van der Waals surface area contributed by atoms with Gasteiger partial charge in [0.1, 0.15) is 16.6 Å². The molecule has 110 valence electrons. The monoisotopic (exact) mass is 311 g/mol. The molecule has 0 aliphatic carbocycles. The smallest absolute Gasteiger partial charge is 0.254 e. The van der Waals surface area contributed by atoms with Gasteiger partial charge < -0.3 is 5.32 Å². The summed E-state index contributed by atoms with van der Waals surface area (Å²) in [5.74, 6) is 0.916. The number of nitrogens with zero attached hydrogens (tertiary/aromatic N) is 6. The Hall–Kier alpha value is -2.79. The van der Waals surface area contributed by atoms with Crippen LogP contribution in [0.2, 0.25) is 0 Å². The molecule has 3 aromatic rings. The Morgan fingerprint density at radius 3 is 2.77 bits per heavy atom. The van der Waals surface area contributed by atoms with Crippen molar-refractivity contribution in [3.05, 3.63) is 39.7 Å². The van der Waals surface area contributed by atoms with Gasteiger partial charge in [0.2, 0.25) is 5.95 Å². The summed E-state index contributed by atoms with van der Waals surface area (Å²) < 4.78 is 1.66. The van der Waals surface area contributed by atoms with Crippen molar-refractivity contribution in [1.82, 2.24) is 24.6 Å². The van der Waals surface area contributed by atoms with Crippen LogP contribution in [-0.2, 0) is 0 Å². The number of hydrogen-bond acceptors (Lipinski definition) is 7. The summed E-state index contributed by atoms with van der Waals surface area (Å²) in [4.78, 5) is 12.9. The molecule has 0 amide bonds. The van der Waals surface area contributed by atoms with Crippen molar-refractivity contribution >= 4 is 28.6 Å². The third kappa shape index (κ3) is 2.66. The van der Waals surface area contributed by atoms with E-state index in [4.69, 9.17) is 0 Å². The highest BCUT2D eigenvalue weighted by Crippen LogP contribution is 2.18. The van der Waals surface area contributed by atoms with E-state index in [0.717, 1.165) is 17.1 Å². The minimum atomic E-state index is 0.391. The van der Waals surface area contributed by atoms with E-state index >= 15 is 0 Å². The molecule has 3 heterocycles. The highest BCUT2D eigenvalue weighted by atomic mass is 32.1. The molecule has 0 fully saturated rings. The van der Waals surface area contributed by atoms with E-state index in [2.05, 4.69) is 31.4 Å². The zero-order valence-electron chi connectivity index (χ0n) is 12.3. The first-order chi connectivity index (χ1) is 10.6. The van der Waals surface area contributed by atoms with Crippen LogP contribution in [0.5, 0.6) is 0 Å². The Balaban J connectivity index is 1.91. The lowest BCUT2D eigenvalue weighted by atomic mass is 10.3. The van der Waals surface area contributed by atoms with Crippen molar-refractivity contribution < 1.29 is 0 Å². The Morgan fingerprint density at radius 2 is 2.09 bits per heavy atom. The number of aromatic nitrogens is 5. The fourth-order valence-electron chi connectivity index (χ4n) is 1.98. The van der Waals surface area contributed by atoms with Crippen LogP contribution in [0.3, 0.4) is 0 Å². The number of thiazole rings is 1. The largest absolute Gasteiger partial charge is 0.328 e. The van der Waals surface area contributed by atoms with Gasteiger partial charge >= 0.3 is 0 Å². The first-order valence-electron chi connectivity index (χ1n) is 6.57. The molecule has 3 aromatic heterocycles. The summed E-state index contributed by atoms with van der Waals surface area (Å²) in [7, 11) is 0. The number of rotatable bonds is 3. The Labute approximate surface area is 131 Å². The SMILES string of the molecule is Cc1csc(/C(C#N)=C/Nc2nc3nc(C)cc(C)n3n2)n1. The Morgan fingerprint density at radius 1 is 1.27 bits per heavy atom. The topological polar surface area (TPSA) is 91.8 Å². The second kappa shape index (κ2) is 5.54. The summed E-state index contributed by atoms with van der Waals surface area (Å²) in [5, 5.41) is 19.1. The lowest BCUT2D eigenvalue weighted by molar-refractivity contribution is 0.888. The van der Waals surface area contributed by atoms with Gasteiger partial charge in [-0.25, -0.2) is 9.97 Å². The van der Waals surface area contributed by atoms with Crippen molar-refractivity contribution in [2.45, 2.75) is 20.8 Å². The van der Waals surface area contributed by atoms with E-state index < -0.39 is 0 Å². The second-order valence-electron chi connectivity index (χ2n) is 4.79. The van der Waals surface area contributed by atoms with Gasteiger partial charge in [0, 0.05) is 28.7 Å². The van der Waals surface area contributed by atoms with Crippen molar-refractivity contribution in [3.8, 4) is 6.07 Å². The molecule has 0 radical (unpaired) electrons. The number of nitriles is 1. The number of fused-ring (bicyclic) bond motifs is 1. The van der Waals surface area contributed by atoms with Crippen LogP contribution in [0.25, 0.3) is 11.4 Å². The van der Waals surface area contributed by atoms with E-state index in [1.807, 2.05) is 32.2 Å². The van der Waals surface area contributed by atoms with Gasteiger partial charge in [0.25, 0.3) is 5.78 Å². The lowest BCUT2D eigenvalue weighted by Crippen LogP contribution is -1.97. The van der Waals surface area contributed by atoms with Crippen molar-refractivity contribution in [1.29, 1.82) is 5.26 Å². The molecule has 3 rings (SSSR count). The third-order valence-corrected chi connectivity index (χ3v) is 3.93. The highest BCUT2D eigenvalue weighted by molar-refractivity contribution is 7.10. The predicted octanol–water partition coefficient (Wildman–Crippen LogP) is 2.48. The van der Waals surface area contributed by atoms with Crippen molar-refractivity contribution in [3.63, 3.8) is 0 Å². The molecule has 0 saturated carbocycles. The summed E-state index contributed by atoms with van der Waals surface area (Å²) in [6.07, 6.45) is 1.56. The maximum absolute atomic E-state index is 9.24. The van der Waals surface area contributed by atoms with Crippen LogP contribution in [0.4, 0.5) is 5.95 Å². The van der Waals surface area contributed by atoms with Gasteiger partial charge in [-0.05, 0) is 26.8 Å². The fourth-order valence-corrected chi connectivity index (χ4v) is 2.75. The number of allylic oxidation sites excluding steroid dienone is 1. The molecule has 0 aliphatic heterocycles. The first-order valence-corrected chi connectivity index (χ1v) is 7.45. The molecule has 7 nitrogen and oxygen atoms in total. The zero-order chi connectivity index (χ0) is 15.7. The summed E-state index contributed by atoms with van der Waals surface area (Å²) in [6, 6.07) is 4.06. The highest BCUT2D eigenvalue weighted by Gasteiger charge is 2.08. The van der Waals surface area contributed by atoms with E-state index in [0.29, 0.717) is 22.3 Å². The van der Waals surface area contributed by atoms with Gasteiger partial charge in [-0.2, -0.15) is 14.8 Å². The van der Waals surface area contributed by atoms with E-state index in [1.165, 1.54) is 11.3 Å². The number of nitrogens with one attached hydrogen (secondary N) is 1. The molecular formula is C14H13N7S. The van der Waals surface area contributed by atoms with E-state index in [9.17, 15) is 5.26 Å². The van der Waals surface area contributed by atoms with E-state index in [-0.39, 0.29) is 0 Å². The van der Waals surface area contributed by atoms with Crippen molar-refractivity contribution in [2.75, 3.05) is 5.32 Å². The molecule has 0 aromatic carbocycles. The standard InChI is InChI=1S/C14H13N7S/c1-8-4-10(3)21-14(18-8)19-13(20-21)16-6-11(5-15)12-17-9(2)7-22-12/h4,6-7H,1-3H3,(H,16,20)/b11-6+. The van der Waals surface area contributed by atoms with E-state index in [1.54, 1.807) is 10.7 Å². The predicted molar refractivity (Wildman–Crippen MR) is 84.3 cm³/mol. The van der Waals surface area contributed by atoms with Gasteiger partial charge in [-0.15, -0.1) is 16.4 Å². The summed E-state index contributed by atoms with van der Waals surface area (Å²) >= 11 is 1.43.